The highest BCUT2D eigenvalue weighted by molar-refractivity contribution is 5.75. The van der Waals surface area contributed by atoms with Crippen LogP contribution in [0.2, 0.25) is 0 Å². The maximum atomic E-state index is 11.4. The standard InChI is InChI=1S/C14H25NO2/c1-3-11-5-6-12(9-11)15-8-7-14(4-2,10-15)13(16)17/h11-12H,3-10H2,1-2H3,(H,16,17). The predicted octanol–water partition coefficient (Wildman–Crippen LogP) is 2.75. The van der Waals surface area contributed by atoms with Gasteiger partial charge in [-0.2, -0.15) is 0 Å². The van der Waals surface area contributed by atoms with Crippen LogP contribution in [0.3, 0.4) is 0 Å². The number of carboxylic acids is 1. The maximum Gasteiger partial charge on any atom is 0.310 e. The molecule has 3 unspecified atom stereocenters. The van der Waals surface area contributed by atoms with Gasteiger partial charge < -0.3 is 5.11 Å². The molecule has 0 amide bonds. The molecule has 3 nitrogen and oxygen atoms in total. The number of hydrogen-bond donors (Lipinski definition) is 1. The Labute approximate surface area is 104 Å². The van der Waals surface area contributed by atoms with E-state index in [1.54, 1.807) is 0 Å². The van der Waals surface area contributed by atoms with Gasteiger partial charge in [0.1, 0.15) is 0 Å². The van der Waals surface area contributed by atoms with Crippen LogP contribution in [-0.2, 0) is 4.79 Å². The van der Waals surface area contributed by atoms with Gasteiger partial charge in [-0.1, -0.05) is 20.3 Å². The fourth-order valence-corrected chi connectivity index (χ4v) is 3.58. The lowest BCUT2D eigenvalue weighted by Crippen LogP contribution is -2.37. The molecule has 0 aromatic carbocycles. The minimum absolute atomic E-state index is 0.454. The van der Waals surface area contributed by atoms with Crippen LogP contribution in [0.1, 0.15) is 52.4 Å². The molecule has 3 heteroatoms. The Kier molecular flexibility index (Phi) is 3.76. The molecule has 0 radical (unpaired) electrons. The topological polar surface area (TPSA) is 40.5 Å². The van der Waals surface area contributed by atoms with Gasteiger partial charge in [-0.25, -0.2) is 0 Å². The molecule has 1 heterocycles. The lowest BCUT2D eigenvalue weighted by atomic mass is 9.84. The van der Waals surface area contributed by atoms with Gasteiger partial charge in [0.25, 0.3) is 0 Å². The number of rotatable bonds is 4. The summed E-state index contributed by atoms with van der Waals surface area (Å²) >= 11 is 0. The Balaban J connectivity index is 1.96. The largest absolute Gasteiger partial charge is 0.481 e. The maximum absolute atomic E-state index is 11.4. The number of hydrogen-bond acceptors (Lipinski definition) is 2. The molecule has 2 fully saturated rings. The number of carboxylic acid groups (broad SMARTS) is 1. The zero-order chi connectivity index (χ0) is 12.5. The van der Waals surface area contributed by atoms with Gasteiger partial charge in [-0.05, 0) is 44.6 Å². The quantitative estimate of drug-likeness (QED) is 0.820. The van der Waals surface area contributed by atoms with Crippen molar-refractivity contribution >= 4 is 5.97 Å². The fourth-order valence-electron chi connectivity index (χ4n) is 3.58. The highest BCUT2D eigenvalue weighted by atomic mass is 16.4. The van der Waals surface area contributed by atoms with Crippen molar-refractivity contribution in [3.05, 3.63) is 0 Å². The Morgan fingerprint density at radius 2 is 2.18 bits per heavy atom. The predicted molar refractivity (Wildman–Crippen MR) is 68.0 cm³/mol. The van der Waals surface area contributed by atoms with E-state index >= 15 is 0 Å². The zero-order valence-corrected chi connectivity index (χ0v) is 11.1. The highest BCUT2D eigenvalue weighted by Gasteiger charge is 2.45. The first kappa shape index (κ1) is 12.9. The lowest BCUT2D eigenvalue weighted by molar-refractivity contribution is -0.148. The van der Waals surface area contributed by atoms with Crippen LogP contribution in [0.25, 0.3) is 0 Å². The third-order valence-electron chi connectivity index (χ3n) is 5.12. The van der Waals surface area contributed by atoms with E-state index in [1.807, 2.05) is 6.92 Å². The zero-order valence-electron chi connectivity index (χ0n) is 11.1. The van der Waals surface area contributed by atoms with Crippen LogP contribution in [0, 0.1) is 11.3 Å². The summed E-state index contributed by atoms with van der Waals surface area (Å²) in [7, 11) is 0. The minimum Gasteiger partial charge on any atom is -0.481 e. The molecule has 0 bridgehead atoms. The molecule has 1 saturated carbocycles. The van der Waals surface area contributed by atoms with E-state index < -0.39 is 11.4 Å². The number of nitrogens with zero attached hydrogens (tertiary/aromatic N) is 1. The molecule has 17 heavy (non-hydrogen) atoms. The van der Waals surface area contributed by atoms with E-state index in [4.69, 9.17) is 0 Å². The van der Waals surface area contributed by atoms with Gasteiger partial charge in [0.05, 0.1) is 5.41 Å². The molecule has 98 valence electrons. The Morgan fingerprint density at radius 3 is 2.65 bits per heavy atom. The third-order valence-corrected chi connectivity index (χ3v) is 5.12. The van der Waals surface area contributed by atoms with Crippen LogP contribution < -0.4 is 0 Å². The second-order valence-corrected chi connectivity index (χ2v) is 5.90. The van der Waals surface area contributed by atoms with Crippen molar-refractivity contribution in [2.45, 2.75) is 58.4 Å². The van der Waals surface area contributed by atoms with Crippen molar-refractivity contribution in [2.24, 2.45) is 11.3 Å². The van der Waals surface area contributed by atoms with Crippen LogP contribution in [-0.4, -0.2) is 35.1 Å². The normalized spacial score (nSPS) is 38.7. The summed E-state index contributed by atoms with van der Waals surface area (Å²) in [5.41, 5.74) is -0.454. The summed E-state index contributed by atoms with van der Waals surface area (Å²) in [5, 5.41) is 9.40. The summed E-state index contributed by atoms with van der Waals surface area (Å²) in [5.74, 6) is 0.286. The van der Waals surface area contributed by atoms with Crippen LogP contribution in [0.4, 0.5) is 0 Å². The molecule has 2 rings (SSSR count). The van der Waals surface area contributed by atoms with E-state index in [9.17, 15) is 9.90 Å². The summed E-state index contributed by atoms with van der Waals surface area (Å²) in [4.78, 5) is 13.9. The van der Waals surface area contributed by atoms with Crippen LogP contribution in [0.5, 0.6) is 0 Å². The third kappa shape index (κ3) is 2.35. The number of aliphatic carboxylic acids is 1. The average molecular weight is 239 g/mol. The molecular weight excluding hydrogens is 214 g/mol. The van der Waals surface area contributed by atoms with Gasteiger partial charge in [0.2, 0.25) is 0 Å². The van der Waals surface area contributed by atoms with Crippen molar-refractivity contribution in [2.75, 3.05) is 13.1 Å². The van der Waals surface area contributed by atoms with Gasteiger partial charge >= 0.3 is 5.97 Å². The average Bonchev–Trinajstić information content (AvgIpc) is 2.96. The van der Waals surface area contributed by atoms with Gasteiger partial charge in [-0.3, -0.25) is 9.69 Å². The molecule has 0 aromatic heterocycles. The van der Waals surface area contributed by atoms with Crippen LogP contribution in [0.15, 0.2) is 0 Å². The smallest absolute Gasteiger partial charge is 0.310 e. The molecule has 1 N–H and O–H groups in total. The summed E-state index contributed by atoms with van der Waals surface area (Å²) in [6.07, 6.45) is 6.79. The molecule has 1 aliphatic carbocycles. The summed E-state index contributed by atoms with van der Waals surface area (Å²) in [6, 6.07) is 0.660. The molecule has 1 saturated heterocycles. The van der Waals surface area contributed by atoms with E-state index in [1.165, 1.54) is 25.7 Å². The van der Waals surface area contributed by atoms with E-state index in [0.717, 1.165) is 31.8 Å². The van der Waals surface area contributed by atoms with E-state index in [0.29, 0.717) is 6.04 Å². The van der Waals surface area contributed by atoms with E-state index in [2.05, 4.69) is 11.8 Å². The van der Waals surface area contributed by atoms with Crippen molar-refractivity contribution in [3.63, 3.8) is 0 Å². The monoisotopic (exact) mass is 239 g/mol. The van der Waals surface area contributed by atoms with Gasteiger partial charge in [0, 0.05) is 12.6 Å². The number of carbonyl (C=O) groups is 1. The lowest BCUT2D eigenvalue weighted by Gasteiger charge is -2.27. The Morgan fingerprint density at radius 1 is 1.41 bits per heavy atom. The summed E-state index contributed by atoms with van der Waals surface area (Å²) < 4.78 is 0. The molecule has 0 aromatic rings. The Hall–Kier alpha value is -0.570. The van der Waals surface area contributed by atoms with Crippen molar-refractivity contribution in [1.82, 2.24) is 4.90 Å². The minimum atomic E-state index is -0.590. The molecule has 1 aliphatic heterocycles. The first-order valence-electron chi connectivity index (χ1n) is 7.08. The second-order valence-electron chi connectivity index (χ2n) is 5.90. The molecular formula is C14H25NO2. The first-order valence-corrected chi connectivity index (χ1v) is 7.08. The van der Waals surface area contributed by atoms with Crippen molar-refractivity contribution in [3.8, 4) is 0 Å². The van der Waals surface area contributed by atoms with Crippen molar-refractivity contribution < 1.29 is 9.90 Å². The second kappa shape index (κ2) is 4.97. The molecule has 0 spiro atoms. The first-order chi connectivity index (χ1) is 8.11. The van der Waals surface area contributed by atoms with E-state index in [-0.39, 0.29) is 0 Å². The highest BCUT2D eigenvalue weighted by Crippen LogP contribution is 2.39. The number of likely N-dealkylation sites (tertiary alicyclic amines) is 1. The Bertz CT molecular complexity index is 292. The fraction of sp³-hybridized carbons (Fsp3) is 0.929. The van der Waals surface area contributed by atoms with Gasteiger partial charge in [0.15, 0.2) is 0 Å². The van der Waals surface area contributed by atoms with Gasteiger partial charge in [-0.15, -0.1) is 0 Å². The summed E-state index contributed by atoms with van der Waals surface area (Å²) in [6.45, 7) is 6.05. The SMILES string of the molecule is CCC1CCC(N2CCC(CC)(C(=O)O)C2)C1. The van der Waals surface area contributed by atoms with Crippen LogP contribution >= 0.6 is 0 Å². The van der Waals surface area contributed by atoms with Crippen molar-refractivity contribution in [1.29, 1.82) is 0 Å². The molecule has 3 atom stereocenters. The molecule has 2 aliphatic rings.